The smallest absolute Gasteiger partial charge is 0.00465 e. The highest BCUT2D eigenvalue weighted by molar-refractivity contribution is 7.80. The second-order valence-corrected chi connectivity index (χ2v) is 4.75. The molecule has 0 radical (unpaired) electrons. The van der Waals surface area contributed by atoms with Crippen LogP contribution in [-0.4, -0.2) is 0 Å². The molecule has 0 saturated heterocycles. The van der Waals surface area contributed by atoms with Gasteiger partial charge in [0.15, 0.2) is 0 Å². The molecule has 0 aliphatic heterocycles. The van der Waals surface area contributed by atoms with Crippen molar-refractivity contribution in [1.29, 1.82) is 0 Å². The number of rotatable bonds is 0. The minimum absolute atomic E-state index is 0.956. The Bertz CT molecular complexity index is 831. The van der Waals surface area contributed by atoms with Crippen LogP contribution < -0.4 is 10.4 Å². The average molecular weight is 236 g/mol. The first-order chi connectivity index (χ1) is 8.18. The second-order valence-electron chi connectivity index (χ2n) is 4.23. The Morgan fingerprint density at radius 1 is 0.706 bits per heavy atom. The van der Waals surface area contributed by atoms with Crippen LogP contribution in [0.25, 0.3) is 34.7 Å². The number of fused-ring (bicyclic) bond motifs is 2. The maximum absolute atomic E-state index is 4.39. The predicted molar refractivity (Wildman–Crippen MR) is 79.0 cm³/mol. The normalized spacial score (nSPS) is 11.1. The molecule has 0 aliphatic rings. The highest BCUT2D eigenvalue weighted by Crippen LogP contribution is 2.16. The van der Waals surface area contributed by atoms with Crippen molar-refractivity contribution in [3.63, 3.8) is 0 Å². The van der Waals surface area contributed by atoms with Gasteiger partial charge in [0.2, 0.25) is 0 Å². The summed E-state index contributed by atoms with van der Waals surface area (Å²) >= 11 is 4.39. The first-order valence-corrected chi connectivity index (χ1v) is 5.94. The van der Waals surface area contributed by atoms with Crippen molar-refractivity contribution in [3.8, 4) is 0 Å². The molecule has 3 aromatic carbocycles. The largest absolute Gasteiger partial charge is 0.143 e. The monoisotopic (exact) mass is 236 g/mol. The van der Waals surface area contributed by atoms with E-state index in [0.717, 1.165) is 26.1 Å². The van der Waals surface area contributed by atoms with Crippen molar-refractivity contribution in [2.75, 3.05) is 0 Å². The lowest BCUT2D eigenvalue weighted by Crippen LogP contribution is -2.12. The number of hydrogen-bond acceptors (Lipinski definition) is 1. The summed E-state index contributed by atoms with van der Waals surface area (Å²) in [5.74, 6) is 0. The molecule has 0 nitrogen and oxygen atoms in total. The highest BCUT2D eigenvalue weighted by Gasteiger charge is 2.02. The molecule has 0 N–H and O–H groups in total. The number of benzene rings is 3. The van der Waals surface area contributed by atoms with Gasteiger partial charge in [-0.25, -0.2) is 0 Å². The van der Waals surface area contributed by atoms with Gasteiger partial charge in [0.1, 0.15) is 0 Å². The summed E-state index contributed by atoms with van der Waals surface area (Å²) in [4.78, 5) is 0.956. The Morgan fingerprint density at radius 2 is 1.24 bits per heavy atom. The summed E-state index contributed by atoms with van der Waals surface area (Å²) in [6.07, 6.45) is 0. The third kappa shape index (κ3) is 1.47. The van der Waals surface area contributed by atoms with Gasteiger partial charge in [0.25, 0.3) is 0 Å². The van der Waals surface area contributed by atoms with Gasteiger partial charge in [-0.3, -0.25) is 0 Å². The fraction of sp³-hybridized carbons (Fsp3) is 0. The van der Waals surface area contributed by atoms with Crippen molar-refractivity contribution >= 4 is 47.3 Å². The van der Waals surface area contributed by atoms with Crippen molar-refractivity contribution in [2.24, 2.45) is 0 Å². The van der Waals surface area contributed by atoms with E-state index in [1.54, 1.807) is 0 Å². The van der Waals surface area contributed by atoms with E-state index in [4.69, 9.17) is 0 Å². The van der Waals surface area contributed by atoms with Crippen LogP contribution in [0.5, 0.6) is 0 Å². The molecular weight excluding hydrogens is 224 g/mol. The lowest BCUT2D eigenvalue weighted by molar-refractivity contribution is 1.52. The minimum atomic E-state index is 0.956. The average Bonchev–Trinajstić information content (AvgIpc) is 2.36. The highest BCUT2D eigenvalue weighted by atomic mass is 32.1. The molecule has 0 aromatic heterocycles. The lowest BCUT2D eigenvalue weighted by atomic mass is 9.99. The summed E-state index contributed by atoms with van der Waals surface area (Å²) in [7, 11) is 0. The van der Waals surface area contributed by atoms with Gasteiger partial charge < -0.3 is 0 Å². The predicted octanol–water partition coefficient (Wildman–Crippen LogP) is 3.10. The summed E-state index contributed by atoms with van der Waals surface area (Å²) < 4.78 is 0. The maximum atomic E-state index is 4.39. The zero-order valence-corrected chi connectivity index (χ0v) is 10.3. The molecule has 0 aliphatic carbocycles. The van der Waals surface area contributed by atoms with Crippen LogP contribution in [-0.2, 0) is 0 Å². The molecule has 0 heterocycles. The lowest BCUT2D eigenvalue weighted by Gasteiger charge is -2.06. The maximum Gasteiger partial charge on any atom is 0.00465 e. The van der Waals surface area contributed by atoms with E-state index in [0.29, 0.717) is 0 Å². The molecule has 0 amide bonds. The van der Waals surface area contributed by atoms with E-state index in [2.05, 4.69) is 50.1 Å². The van der Waals surface area contributed by atoms with Crippen LogP contribution in [0.3, 0.4) is 0 Å². The first-order valence-electron chi connectivity index (χ1n) is 5.50. The summed E-state index contributed by atoms with van der Waals surface area (Å²) in [6.45, 7) is 8.39. The molecule has 0 bridgehead atoms. The molecule has 0 spiro atoms. The molecule has 0 saturated carbocycles. The van der Waals surface area contributed by atoms with Gasteiger partial charge in [-0.2, -0.15) is 0 Å². The van der Waals surface area contributed by atoms with Gasteiger partial charge >= 0.3 is 0 Å². The Labute approximate surface area is 105 Å². The Balaban J connectivity index is 2.74. The summed E-state index contributed by atoms with van der Waals surface area (Å²) in [6, 6.07) is 14.4. The van der Waals surface area contributed by atoms with E-state index in [1.165, 1.54) is 10.8 Å². The number of hydrogen-bond donors (Lipinski definition) is 1. The van der Waals surface area contributed by atoms with Gasteiger partial charge in [-0.15, -0.1) is 12.6 Å². The minimum Gasteiger partial charge on any atom is -0.143 e. The zero-order chi connectivity index (χ0) is 12.0. The van der Waals surface area contributed by atoms with E-state index in [-0.39, 0.29) is 0 Å². The Hall–Kier alpha value is -1.73. The Morgan fingerprint density at radius 3 is 1.88 bits per heavy atom. The summed E-state index contributed by atoms with van der Waals surface area (Å²) in [5.41, 5.74) is 0. The Kier molecular flexibility index (Phi) is 2.23. The van der Waals surface area contributed by atoms with Gasteiger partial charge in [-0.05, 0) is 44.1 Å². The first kappa shape index (κ1) is 10.4. The molecule has 1 heteroatoms. The van der Waals surface area contributed by atoms with Crippen LogP contribution in [0.15, 0.2) is 47.4 Å². The van der Waals surface area contributed by atoms with Crippen LogP contribution >= 0.6 is 12.6 Å². The third-order valence-electron chi connectivity index (χ3n) is 3.23. The molecule has 17 heavy (non-hydrogen) atoms. The van der Waals surface area contributed by atoms with E-state index < -0.39 is 0 Å². The molecule has 0 unspecified atom stereocenters. The van der Waals surface area contributed by atoms with Crippen LogP contribution in [0.2, 0.25) is 0 Å². The fourth-order valence-corrected chi connectivity index (χ4v) is 2.55. The van der Waals surface area contributed by atoms with E-state index in [9.17, 15) is 0 Å². The van der Waals surface area contributed by atoms with Crippen molar-refractivity contribution < 1.29 is 0 Å². The third-order valence-corrected chi connectivity index (χ3v) is 3.51. The molecule has 3 aromatic rings. The topological polar surface area (TPSA) is 0 Å². The molecule has 82 valence electrons. The van der Waals surface area contributed by atoms with Gasteiger partial charge in [-0.1, -0.05) is 43.5 Å². The zero-order valence-electron chi connectivity index (χ0n) is 9.40. The van der Waals surface area contributed by atoms with Crippen molar-refractivity contribution in [3.05, 3.63) is 52.9 Å². The van der Waals surface area contributed by atoms with Crippen LogP contribution in [0, 0.1) is 0 Å². The van der Waals surface area contributed by atoms with Crippen molar-refractivity contribution in [2.45, 2.75) is 4.90 Å². The van der Waals surface area contributed by atoms with Crippen LogP contribution in [0.4, 0.5) is 0 Å². The molecule has 3 rings (SSSR count). The second kappa shape index (κ2) is 3.64. The number of thiol groups is 1. The van der Waals surface area contributed by atoms with Crippen LogP contribution in [0.1, 0.15) is 0 Å². The van der Waals surface area contributed by atoms with E-state index >= 15 is 0 Å². The van der Waals surface area contributed by atoms with Crippen molar-refractivity contribution in [1.82, 2.24) is 0 Å². The van der Waals surface area contributed by atoms with E-state index in [1.807, 2.05) is 18.2 Å². The quantitative estimate of drug-likeness (QED) is 0.450. The molecule has 0 fully saturated rings. The molecular formula is C16H12S. The van der Waals surface area contributed by atoms with Gasteiger partial charge in [0, 0.05) is 4.90 Å². The molecule has 0 atom stereocenters. The van der Waals surface area contributed by atoms with Gasteiger partial charge in [0.05, 0.1) is 0 Å². The summed E-state index contributed by atoms with van der Waals surface area (Å²) in [5, 5.41) is 6.77. The SMILES string of the molecule is C=c1c2ccccc2c(=C)c2cc(S)ccc12. The standard InChI is InChI=1S/C16H12S/c1-10-13-5-3-4-6-14(13)11(2)16-9-12(17)7-8-15(10)16/h3-9,17H,1-2H2. The fourth-order valence-electron chi connectivity index (χ4n) is 2.34.